The number of aromatic nitrogens is 4. The van der Waals surface area contributed by atoms with Gasteiger partial charge in [-0.05, 0) is 78.2 Å². The van der Waals surface area contributed by atoms with Crippen LogP contribution in [0.1, 0.15) is 98.8 Å². The highest BCUT2D eigenvalue weighted by Gasteiger charge is 2.39. The molecule has 2 amide bonds. The molecule has 0 radical (unpaired) electrons. The summed E-state index contributed by atoms with van der Waals surface area (Å²) in [5, 5.41) is 0. The maximum atomic E-state index is 13.9. The first-order chi connectivity index (χ1) is 29.6. The summed E-state index contributed by atoms with van der Waals surface area (Å²) < 4.78 is 9.81. The zero-order valence-corrected chi connectivity index (χ0v) is 34.9. The Kier molecular flexibility index (Phi) is 13.4. The van der Waals surface area contributed by atoms with Crippen molar-refractivity contribution in [3.05, 3.63) is 120 Å². The Morgan fingerprint density at radius 2 is 1.33 bits per heavy atom. The van der Waals surface area contributed by atoms with Crippen LogP contribution in [0.25, 0.3) is 22.4 Å². The summed E-state index contributed by atoms with van der Waals surface area (Å²) in [6.07, 6.45) is 6.63. The van der Waals surface area contributed by atoms with E-state index in [0.29, 0.717) is 30.4 Å². The third-order valence-corrected chi connectivity index (χ3v) is 11.6. The van der Waals surface area contributed by atoms with Crippen LogP contribution in [-0.2, 0) is 28.7 Å². The first kappa shape index (κ1) is 42.2. The summed E-state index contributed by atoms with van der Waals surface area (Å²) in [6, 6.07) is 24.9. The molecule has 0 unspecified atom stereocenters. The fourth-order valence-corrected chi connectivity index (χ4v) is 8.29. The van der Waals surface area contributed by atoms with Crippen LogP contribution >= 0.6 is 0 Å². The van der Waals surface area contributed by atoms with Gasteiger partial charge in [0, 0.05) is 24.2 Å². The molecule has 0 aliphatic carbocycles. The molecule has 5 aromatic rings. The smallest absolute Gasteiger partial charge is 0.306 e. The molecule has 3 aromatic carbocycles. The Balaban J connectivity index is 1.08. The molecule has 7 rings (SSSR count). The van der Waals surface area contributed by atoms with E-state index in [4.69, 9.17) is 14.5 Å². The Morgan fingerprint density at radius 3 is 2.00 bits per heavy atom. The lowest BCUT2D eigenvalue weighted by Gasteiger charge is -2.29. The van der Waals surface area contributed by atoms with Gasteiger partial charge in [0.2, 0.25) is 11.8 Å². The fraction of sp³-hybridized carbons (Fsp3) is 0.347. The number of nitrogens with one attached hydrogen (secondary N) is 2. The molecular weight excluding hydrogens is 769 g/mol. The monoisotopic (exact) mass is 818 g/mol. The Bertz CT molecular complexity index is 2490. The lowest BCUT2D eigenvalue weighted by Crippen LogP contribution is -2.39. The second kappa shape index (κ2) is 19.4. The highest BCUT2D eigenvalue weighted by molar-refractivity contribution is 5.89. The van der Waals surface area contributed by atoms with Gasteiger partial charge < -0.3 is 29.2 Å². The first-order valence-corrected chi connectivity index (χ1v) is 20.8. The van der Waals surface area contributed by atoms with Crippen molar-refractivity contribution in [2.45, 2.75) is 70.4 Å². The zero-order chi connectivity index (χ0) is 42.9. The second-order valence-electron chi connectivity index (χ2n) is 15.7. The van der Waals surface area contributed by atoms with Gasteiger partial charge in [0.25, 0.3) is 0 Å². The van der Waals surface area contributed by atoms with Crippen molar-refractivity contribution in [3.63, 3.8) is 0 Å². The summed E-state index contributed by atoms with van der Waals surface area (Å²) in [4.78, 5) is 71.9. The van der Waals surface area contributed by atoms with Crippen molar-refractivity contribution in [1.82, 2.24) is 29.7 Å². The molecule has 2 aliphatic rings. The number of likely N-dealkylation sites (tertiary alicyclic amines) is 2. The predicted octanol–water partition coefficient (Wildman–Crippen LogP) is 7.38. The number of aromatic amines is 2. The molecule has 0 spiro atoms. The van der Waals surface area contributed by atoms with E-state index in [9.17, 15) is 19.2 Å². The van der Waals surface area contributed by atoms with Crippen LogP contribution in [0, 0.1) is 35.5 Å². The number of imidazole rings is 2. The number of rotatable bonds is 12. The van der Waals surface area contributed by atoms with Crippen LogP contribution in [-0.4, -0.2) is 80.8 Å². The first-order valence-electron chi connectivity index (χ1n) is 20.8. The van der Waals surface area contributed by atoms with Crippen molar-refractivity contribution in [2.75, 3.05) is 27.3 Å². The van der Waals surface area contributed by atoms with Gasteiger partial charge in [0.15, 0.2) is 0 Å². The summed E-state index contributed by atoms with van der Waals surface area (Å²) in [5.41, 5.74) is 5.81. The molecule has 4 atom stereocenters. The van der Waals surface area contributed by atoms with Crippen molar-refractivity contribution >= 4 is 23.8 Å². The number of hydrogen-bond acceptors (Lipinski definition) is 8. The molecule has 2 aliphatic heterocycles. The average Bonchev–Trinajstić information content (AvgIpc) is 4.14. The fourth-order valence-electron chi connectivity index (χ4n) is 8.29. The van der Waals surface area contributed by atoms with Crippen LogP contribution in [0.3, 0.4) is 0 Å². The number of hydrogen-bond donors (Lipinski definition) is 2. The number of methoxy groups -OCH3 is 2. The predicted molar refractivity (Wildman–Crippen MR) is 230 cm³/mol. The number of carbonyl (C=O) groups excluding carboxylic acids is 4. The van der Waals surface area contributed by atoms with Crippen LogP contribution in [0.5, 0.6) is 0 Å². The molecule has 12 heteroatoms. The lowest BCUT2D eigenvalue weighted by molar-refractivity contribution is -0.148. The Hall–Kier alpha value is -6.92. The highest BCUT2D eigenvalue weighted by atomic mass is 16.5. The molecule has 12 nitrogen and oxygen atoms in total. The van der Waals surface area contributed by atoms with Gasteiger partial charge >= 0.3 is 11.9 Å². The van der Waals surface area contributed by atoms with E-state index in [2.05, 4.69) is 44.7 Å². The van der Waals surface area contributed by atoms with Crippen molar-refractivity contribution < 1.29 is 28.7 Å². The quantitative estimate of drug-likeness (QED) is 0.0979. The van der Waals surface area contributed by atoms with Crippen molar-refractivity contribution in [3.8, 4) is 46.1 Å². The standard InChI is InChI=1S/C49H50N6O6/c1-32(2)38(28-44(56)60-3)48(58)54-25-14-22-43(54)47-51-31-41(53-47)36-24-23-35(39(27-36)33-15-7-5-8-16-33)19-11-12-20-37-30-50-46(52-37)42-21-13-26-55(42)49(59)40(29-45(57)61-4)34-17-9-6-10-18-34/h5-10,15-18,23-24,27,30-32,38,40,42-43H,13-14,21-22,25-26,28-29H2,1-4H3,(H,50,52)(H,51,53)/t38-,40+,42-,43-/m0/s1. The Labute approximate surface area is 356 Å². The summed E-state index contributed by atoms with van der Waals surface area (Å²) in [6.45, 7) is 5.08. The van der Waals surface area contributed by atoms with E-state index >= 15 is 0 Å². The average molecular weight is 819 g/mol. The summed E-state index contributed by atoms with van der Waals surface area (Å²) in [5.74, 6) is 11.5. The van der Waals surface area contributed by atoms with E-state index in [1.54, 1.807) is 17.3 Å². The van der Waals surface area contributed by atoms with Crippen LogP contribution in [0.4, 0.5) is 0 Å². The van der Waals surface area contributed by atoms with E-state index in [1.807, 2.05) is 91.5 Å². The number of carbonyl (C=O) groups is 4. The normalized spacial score (nSPS) is 16.9. The third-order valence-electron chi connectivity index (χ3n) is 11.6. The van der Waals surface area contributed by atoms with Crippen LogP contribution < -0.4 is 0 Å². The molecule has 2 saturated heterocycles. The summed E-state index contributed by atoms with van der Waals surface area (Å²) in [7, 11) is 2.68. The molecule has 4 heterocycles. The van der Waals surface area contributed by atoms with Crippen molar-refractivity contribution in [1.29, 1.82) is 0 Å². The lowest BCUT2D eigenvalue weighted by atomic mass is 9.91. The van der Waals surface area contributed by atoms with Crippen LogP contribution in [0.2, 0.25) is 0 Å². The summed E-state index contributed by atoms with van der Waals surface area (Å²) >= 11 is 0. The van der Waals surface area contributed by atoms with Gasteiger partial charge in [-0.2, -0.15) is 0 Å². The van der Waals surface area contributed by atoms with E-state index in [1.165, 1.54) is 14.2 Å². The third kappa shape index (κ3) is 9.77. The Morgan fingerprint density at radius 1 is 0.721 bits per heavy atom. The molecule has 0 bridgehead atoms. The maximum absolute atomic E-state index is 13.9. The second-order valence-corrected chi connectivity index (χ2v) is 15.7. The minimum Gasteiger partial charge on any atom is -0.469 e. The number of amides is 2. The minimum absolute atomic E-state index is 0.0186. The SMILES string of the molecule is COC(=O)C[C@H](C(=O)N1CCC[C@H]1c1ncc(-c2ccc(C#CC#Cc3cnc([C@@H]4CCCN4C(=O)[C@H](CC(=O)OC)c4ccccc4)[nH]3)c(-c3ccccc3)c2)[nH]1)C(C)C. The number of benzene rings is 3. The van der Waals surface area contributed by atoms with Crippen LogP contribution in [0.15, 0.2) is 91.3 Å². The van der Waals surface area contributed by atoms with Gasteiger partial charge in [-0.15, -0.1) is 0 Å². The molecule has 61 heavy (non-hydrogen) atoms. The molecule has 2 aromatic heterocycles. The molecular formula is C49H50N6O6. The largest absolute Gasteiger partial charge is 0.469 e. The zero-order valence-electron chi connectivity index (χ0n) is 34.9. The molecule has 312 valence electrons. The topological polar surface area (TPSA) is 151 Å². The van der Waals surface area contributed by atoms with E-state index < -0.39 is 17.8 Å². The molecule has 2 N–H and O–H groups in total. The van der Waals surface area contributed by atoms with Gasteiger partial charge in [-0.25, -0.2) is 9.97 Å². The van der Waals surface area contributed by atoms with Gasteiger partial charge in [0.1, 0.15) is 17.3 Å². The number of H-pyrrole nitrogens is 2. The van der Waals surface area contributed by atoms with E-state index in [0.717, 1.165) is 59.2 Å². The molecule has 0 saturated carbocycles. The number of ether oxygens (including phenoxy) is 2. The maximum Gasteiger partial charge on any atom is 0.306 e. The molecule has 2 fully saturated rings. The van der Waals surface area contributed by atoms with E-state index in [-0.39, 0.29) is 48.6 Å². The highest BCUT2D eigenvalue weighted by Crippen LogP contribution is 2.37. The van der Waals surface area contributed by atoms with Gasteiger partial charge in [-0.1, -0.05) is 86.5 Å². The number of esters is 2. The van der Waals surface area contributed by atoms with Gasteiger partial charge in [0.05, 0.1) is 69.1 Å². The minimum atomic E-state index is -0.658. The van der Waals surface area contributed by atoms with Gasteiger partial charge in [-0.3, -0.25) is 19.2 Å². The van der Waals surface area contributed by atoms with Crippen molar-refractivity contribution in [2.24, 2.45) is 11.8 Å². The number of nitrogens with zero attached hydrogens (tertiary/aromatic N) is 4.